The summed E-state index contributed by atoms with van der Waals surface area (Å²) in [7, 11) is 0. The molecule has 8 heteroatoms. The van der Waals surface area contributed by atoms with Crippen molar-refractivity contribution < 1.29 is 10.2 Å². The minimum atomic E-state index is 0.224. The number of nitrogens with two attached hydrogens (primary N) is 1. The van der Waals surface area contributed by atoms with Crippen molar-refractivity contribution >= 4 is 0 Å². The molecule has 0 atom stereocenters. The van der Waals surface area contributed by atoms with Crippen LogP contribution in [0.4, 0.5) is 0 Å². The molecule has 0 saturated heterocycles. The van der Waals surface area contributed by atoms with Crippen LogP contribution in [0.25, 0.3) is 0 Å². The number of hydrogen-bond donors (Lipinski definition) is 4. The molecule has 0 amide bonds. The van der Waals surface area contributed by atoms with Crippen molar-refractivity contribution in [2.75, 3.05) is 39.3 Å². The second-order valence-electron chi connectivity index (χ2n) is 5.00. The van der Waals surface area contributed by atoms with E-state index in [9.17, 15) is 5.21 Å². The zero-order chi connectivity index (χ0) is 15.2. The molecule has 20 heavy (non-hydrogen) atoms. The van der Waals surface area contributed by atoms with Gasteiger partial charge in [0.25, 0.3) is 0 Å². The van der Waals surface area contributed by atoms with E-state index in [0.717, 1.165) is 32.5 Å². The Morgan fingerprint density at radius 1 is 1.20 bits per heavy atom. The maximum Gasteiger partial charge on any atom is 0.230 e. The maximum absolute atomic E-state index is 11.2. The van der Waals surface area contributed by atoms with E-state index in [1.54, 1.807) is 0 Å². The second kappa shape index (κ2) is 12.9. The summed E-state index contributed by atoms with van der Waals surface area (Å²) in [4.78, 5) is 0.224. The molecule has 0 fully saturated rings. The van der Waals surface area contributed by atoms with Crippen molar-refractivity contribution in [2.45, 2.75) is 39.2 Å². The zero-order valence-electron chi connectivity index (χ0n) is 12.7. The van der Waals surface area contributed by atoms with Crippen molar-refractivity contribution in [3.8, 4) is 0 Å². The first kappa shape index (κ1) is 18.9. The van der Waals surface area contributed by atoms with Crippen LogP contribution in [0.3, 0.4) is 0 Å². The topological polar surface area (TPSA) is 112 Å². The molecule has 0 heterocycles. The summed E-state index contributed by atoms with van der Waals surface area (Å²) in [6.07, 6.45) is 2.59. The first-order chi connectivity index (χ1) is 9.61. The van der Waals surface area contributed by atoms with Crippen molar-refractivity contribution in [3.63, 3.8) is 0 Å². The third-order valence-corrected chi connectivity index (χ3v) is 2.79. The Morgan fingerprint density at radius 2 is 1.85 bits per heavy atom. The predicted molar refractivity (Wildman–Crippen MR) is 78.3 cm³/mol. The van der Waals surface area contributed by atoms with Crippen molar-refractivity contribution in [2.24, 2.45) is 11.0 Å². The lowest BCUT2D eigenvalue weighted by Crippen LogP contribution is -2.35. The van der Waals surface area contributed by atoms with Crippen LogP contribution in [0.2, 0.25) is 0 Å². The van der Waals surface area contributed by atoms with Gasteiger partial charge in [-0.2, -0.15) is 0 Å². The van der Waals surface area contributed by atoms with E-state index in [1.165, 1.54) is 5.01 Å². The Hall–Kier alpha value is -1.12. The molecule has 0 unspecified atom stereocenters. The Balaban J connectivity index is 3.58. The van der Waals surface area contributed by atoms with Gasteiger partial charge in [-0.1, -0.05) is 13.8 Å². The first-order valence-electron chi connectivity index (χ1n) is 7.33. The molecule has 8 nitrogen and oxygen atoms in total. The van der Waals surface area contributed by atoms with Gasteiger partial charge in [0.2, 0.25) is 5.28 Å². The van der Waals surface area contributed by atoms with Gasteiger partial charge < -0.3 is 26.8 Å². The zero-order valence-corrected chi connectivity index (χ0v) is 12.7. The van der Waals surface area contributed by atoms with E-state index in [1.807, 2.05) is 0 Å². The van der Waals surface area contributed by atoms with E-state index in [0.29, 0.717) is 32.1 Å². The Labute approximate surface area is 121 Å². The summed E-state index contributed by atoms with van der Waals surface area (Å²) < 4.78 is 0. The van der Waals surface area contributed by atoms with Gasteiger partial charge in [0.1, 0.15) is 0 Å². The first-order valence-corrected chi connectivity index (χ1v) is 7.33. The van der Waals surface area contributed by atoms with Crippen LogP contribution < -0.4 is 16.4 Å². The average Bonchev–Trinajstić information content (AvgIpc) is 2.43. The molecule has 0 aliphatic carbocycles. The molecule has 0 bridgehead atoms. The van der Waals surface area contributed by atoms with Crippen molar-refractivity contribution in [1.82, 2.24) is 15.6 Å². The van der Waals surface area contributed by atoms with Gasteiger partial charge in [0.05, 0.1) is 18.1 Å². The van der Waals surface area contributed by atoms with E-state index < -0.39 is 0 Å². The summed E-state index contributed by atoms with van der Waals surface area (Å²) in [5.41, 5.74) is 5.40. The molecule has 5 N–H and O–H groups in total. The summed E-state index contributed by atoms with van der Waals surface area (Å²) in [5, 5.41) is 30.5. The lowest BCUT2D eigenvalue weighted by Gasteiger charge is -2.17. The summed E-state index contributed by atoms with van der Waals surface area (Å²) in [5.74, 6) is 0. The fourth-order valence-corrected chi connectivity index (χ4v) is 1.73. The van der Waals surface area contributed by atoms with Crippen LogP contribution >= 0.6 is 0 Å². The van der Waals surface area contributed by atoms with Crippen LogP contribution in [-0.2, 0) is 0 Å². The van der Waals surface area contributed by atoms with Crippen LogP contribution in [-0.4, -0.2) is 60.5 Å². The standard InChI is InChI=1S/C12H30N6O2/c1-12(2)15-9-4-7-14-8-5-11-17(10-3-6-13)18(20)16-19/h12,14-15,19H,3-11,13H2,1-2H3/b18-16-. The van der Waals surface area contributed by atoms with Crippen LogP contribution in [0, 0.1) is 5.21 Å². The van der Waals surface area contributed by atoms with Gasteiger partial charge in [-0.25, -0.2) is 0 Å². The van der Waals surface area contributed by atoms with Crippen molar-refractivity contribution in [3.05, 3.63) is 5.21 Å². The van der Waals surface area contributed by atoms with Crippen LogP contribution in [0.15, 0.2) is 5.28 Å². The van der Waals surface area contributed by atoms with Gasteiger partial charge in [-0.15, -0.1) is 5.01 Å². The molecule has 0 radical (unpaired) electrons. The minimum absolute atomic E-state index is 0.224. The molecular weight excluding hydrogens is 260 g/mol. The fraction of sp³-hybridized carbons (Fsp3) is 1.00. The molecule has 0 aliphatic heterocycles. The fourth-order valence-electron chi connectivity index (χ4n) is 1.73. The lowest BCUT2D eigenvalue weighted by atomic mass is 10.3. The highest BCUT2D eigenvalue weighted by molar-refractivity contribution is 4.56. The third-order valence-electron chi connectivity index (χ3n) is 2.79. The van der Waals surface area contributed by atoms with E-state index in [-0.39, 0.29) is 4.97 Å². The van der Waals surface area contributed by atoms with Crippen molar-refractivity contribution in [1.29, 1.82) is 0 Å². The van der Waals surface area contributed by atoms with E-state index >= 15 is 0 Å². The Morgan fingerprint density at radius 3 is 2.45 bits per heavy atom. The number of hydrogen-bond acceptors (Lipinski definition) is 5. The molecule has 0 spiro atoms. The molecule has 0 aromatic heterocycles. The van der Waals surface area contributed by atoms with E-state index in [4.69, 9.17) is 10.9 Å². The maximum atomic E-state index is 11.2. The molecule has 0 aliphatic rings. The van der Waals surface area contributed by atoms with Gasteiger partial charge in [0, 0.05) is 6.04 Å². The molecule has 0 saturated carbocycles. The minimum Gasteiger partial charge on any atom is -0.569 e. The molecular formula is C12H30N6O2. The molecule has 0 aromatic rings. The highest BCUT2D eigenvalue weighted by atomic mass is 16.6. The Bertz CT molecular complexity index is 250. The number of nitrogens with zero attached hydrogens (tertiary/aromatic N) is 3. The largest absolute Gasteiger partial charge is 0.569 e. The number of hydrazine groups is 1. The number of nitrogens with one attached hydrogen (secondary N) is 2. The summed E-state index contributed by atoms with van der Waals surface area (Å²) in [6.45, 7) is 8.61. The van der Waals surface area contributed by atoms with Crippen LogP contribution in [0.1, 0.15) is 33.1 Å². The number of rotatable bonds is 13. The van der Waals surface area contributed by atoms with E-state index in [2.05, 4.69) is 29.8 Å². The molecule has 0 aromatic carbocycles. The van der Waals surface area contributed by atoms with Gasteiger partial charge >= 0.3 is 0 Å². The lowest BCUT2D eigenvalue weighted by molar-refractivity contribution is -0.709. The quantitative estimate of drug-likeness (QED) is 0.168. The monoisotopic (exact) mass is 290 g/mol. The molecule has 0 rings (SSSR count). The second-order valence-corrected chi connectivity index (χ2v) is 5.00. The van der Waals surface area contributed by atoms with Gasteiger partial charge in [0.15, 0.2) is 0 Å². The van der Waals surface area contributed by atoms with Gasteiger partial charge in [-0.3, -0.25) is 0 Å². The van der Waals surface area contributed by atoms with Crippen LogP contribution in [0.5, 0.6) is 0 Å². The SMILES string of the molecule is CC(C)NCCCNCCCN(CCCN)/[N+]([O-])=N/O. The summed E-state index contributed by atoms with van der Waals surface area (Å²) in [6, 6.07) is 0.524. The molecule has 120 valence electrons. The average molecular weight is 290 g/mol. The highest BCUT2D eigenvalue weighted by Crippen LogP contribution is 1.95. The smallest absolute Gasteiger partial charge is 0.230 e. The Kier molecular flexibility index (Phi) is 12.2. The summed E-state index contributed by atoms with van der Waals surface area (Å²) >= 11 is 0. The highest BCUT2D eigenvalue weighted by Gasteiger charge is 2.11. The predicted octanol–water partition coefficient (Wildman–Crippen LogP) is 0.272. The van der Waals surface area contributed by atoms with Gasteiger partial charge in [-0.05, 0) is 45.4 Å². The third kappa shape index (κ3) is 10.8. The normalized spacial score (nSPS) is 12.1.